The van der Waals surface area contributed by atoms with Crippen LogP contribution in [0.1, 0.15) is 27.0 Å². The van der Waals surface area contributed by atoms with Crippen LogP contribution in [0.3, 0.4) is 0 Å². The first-order valence-electron chi connectivity index (χ1n) is 7.14. The molecule has 0 atom stereocenters. The van der Waals surface area contributed by atoms with Gasteiger partial charge in [0.05, 0.1) is 11.6 Å². The highest BCUT2D eigenvalue weighted by atomic mass is 16.2. The van der Waals surface area contributed by atoms with Crippen molar-refractivity contribution in [3.8, 4) is 6.07 Å². The van der Waals surface area contributed by atoms with Crippen molar-refractivity contribution >= 4 is 5.91 Å². The maximum atomic E-state index is 12.6. The summed E-state index contributed by atoms with van der Waals surface area (Å²) in [5.41, 5.74) is 3.79. The number of hydrogen-bond donors (Lipinski definition) is 0. The SMILES string of the molecule is N#Cc1cccc(C(=O)N2CCc3ccccc3CC2)c1. The number of rotatable bonds is 1. The summed E-state index contributed by atoms with van der Waals surface area (Å²) >= 11 is 0. The largest absolute Gasteiger partial charge is 0.338 e. The molecule has 3 rings (SSSR count). The third kappa shape index (κ3) is 2.80. The Labute approximate surface area is 124 Å². The Kier molecular flexibility index (Phi) is 3.70. The molecule has 0 saturated heterocycles. The van der Waals surface area contributed by atoms with Gasteiger partial charge in [-0.1, -0.05) is 30.3 Å². The van der Waals surface area contributed by atoms with Crippen molar-refractivity contribution in [2.24, 2.45) is 0 Å². The summed E-state index contributed by atoms with van der Waals surface area (Å²) in [5.74, 6) is 0.0138. The molecule has 1 aliphatic heterocycles. The Morgan fingerprint density at radius 1 is 1.00 bits per heavy atom. The minimum absolute atomic E-state index is 0.0138. The van der Waals surface area contributed by atoms with Crippen molar-refractivity contribution in [3.05, 3.63) is 70.8 Å². The number of carbonyl (C=O) groups is 1. The highest BCUT2D eigenvalue weighted by Gasteiger charge is 2.19. The molecular formula is C18H16N2O. The lowest BCUT2D eigenvalue weighted by molar-refractivity contribution is 0.0763. The van der Waals surface area contributed by atoms with E-state index in [4.69, 9.17) is 5.26 Å². The normalized spacial score (nSPS) is 14.0. The number of hydrogen-bond acceptors (Lipinski definition) is 2. The lowest BCUT2D eigenvalue weighted by Crippen LogP contribution is -2.33. The quantitative estimate of drug-likeness (QED) is 0.804. The number of carbonyl (C=O) groups excluding carboxylic acids is 1. The molecule has 0 bridgehead atoms. The fourth-order valence-electron chi connectivity index (χ4n) is 2.78. The summed E-state index contributed by atoms with van der Waals surface area (Å²) in [6.45, 7) is 1.46. The van der Waals surface area contributed by atoms with E-state index in [-0.39, 0.29) is 5.91 Å². The monoisotopic (exact) mass is 276 g/mol. The van der Waals surface area contributed by atoms with Gasteiger partial charge in [-0.2, -0.15) is 5.26 Å². The summed E-state index contributed by atoms with van der Waals surface area (Å²) in [5, 5.41) is 8.94. The minimum atomic E-state index is 0.0138. The molecular weight excluding hydrogens is 260 g/mol. The van der Waals surface area contributed by atoms with Gasteiger partial charge in [-0.25, -0.2) is 0 Å². The van der Waals surface area contributed by atoms with Crippen LogP contribution in [0.15, 0.2) is 48.5 Å². The van der Waals surface area contributed by atoms with Crippen LogP contribution in [0, 0.1) is 11.3 Å². The van der Waals surface area contributed by atoms with Gasteiger partial charge in [0.25, 0.3) is 5.91 Å². The summed E-state index contributed by atoms with van der Waals surface area (Å²) in [4.78, 5) is 14.5. The topological polar surface area (TPSA) is 44.1 Å². The minimum Gasteiger partial charge on any atom is -0.338 e. The maximum absolute atomic E-state index is 12.6. The van der Waals surface area contributed by atoms with E-state index >= 15 is 0 Å². The van der Waals surface area contributed by atoms with Gasteiger partial charge in [0, 0.05) is 18.7 Å². The molecule has 0 aromatic heterocycles. The molecule has 21 heavy (non-hydrogen) atoms. The van der Waals surface area contributed by atoms with Crippen molar-refractivity contribution in [2.75, 3.05) is 13.1 Å². The highest BCUT2D eigenvalue weighted by molar-refractivity contribution is 5.94. The number of nitriles is 1. The van der Waals surface area contributed by atoms with Gasteiger partial charge in [0.2, 0.25) is 0 Å². The second kappa shape index (κ2) is 5.80. The van der Waals surface area contributed by atoms with E-state index in [0.717, 1.165) is 25.9 Å². The van der Waals surface area contributed by atoms with Gasteiger partial charge in [-0.3, -0.25) is 4.79 Å². The predicted octanol–water partition coefficient (Wildman–Crippen LogP) is 2.80. The van der Waals surface area contributed by atoms with E-state index in [1.54, 1.807) is 24.3 Å². The molecule has 104 valence electrons. The third-order valence-electron chi connectivity index (χ3n) is 3.95. The Bertz CT molecular complexity index is 688. The summed E-state index contributed by atoms with van der Waals surface area (Å²) in [7, 11) is 0. The summed E-state index contributed by atoms with van der Waals surface area (Å²) in [6.07, 6.45) is 1.78. The van der Waals surface area contributed by atoms with Crippen LogP contribution in [0.2, 0.25) is 0 Å². The number of fused-ring (bicyclic) bond motifs is 1. The molecule has 1 heterocycles. The first-order chi connectivity index (χ1) is 10.3. The van der Waals surface area contributed by atoms with Gasteiger partial charge >= 0.3 is 0 Å². The van der Waals surface area contributed by atoms with Gasteiger partial charge < -0.3 is 4.90 Å². The molecule has 1 amide bonds. The van der Waals surface area contributed by atoms with Crippen LogP contribution >= 0.6 is 0 Å². The molecule has 0 spiro atoms. The van der Waals surface area contributed by atoms with Crippen molar-refractivity contribution < 1.29 is 4.79 Å². The van der Waals surface area contributed by atoms with Gasteiger partial charge in [0.15, 0.2) is 0 Å². The number of nitrogens with zero attached hydrogens (tertiary/aromatic N) is 2. The Balaban J connectivity index is 1.79. The molecule has 3 nitrogen and oxygen atoms in total. The van der Waals surface area contributed by atoms with E-state index in [9.17, 15) is 4.79 Å². The predicted molar refractivity (Wildman–Crippen MR) is 80.9 cm³/mol. The zero-order chi connectivity index (χ0) is 14.7. The zero-order valence-electron chi connectivity index (χ0n) is 11.7. The molecule has 0 radical (unpaired) electrons. The second-order valence-corrected chi connectivity index (χ2v) is 5.25. The lowest BCUT2D eigenvalue weighted by atomic mass is 10.0. The van der Waals surface area contributed by atoms with E-state index in [2.05, 4.69) is 18.2 Å². The second-order valence-electron chi connectivity index (χ2n) is 5.25. The molecule has 1 aliphatic rings. The molecule has 0 fully saturated rings. The number of benzene rings is 2. The van der Waals surface area contributed by atoms with E-state index in [1.165, 1.54) is 11.1 Å². The fourth-order valence-corrected chi connectivity index (χ4v) is 2.78. The molecule has 0 unspecified atom stereocenters. The van der Waals surface area contributed by atoms with Crippen molar-refractivity contribution in [1.29, 1.82) is 5.26 Å². The van der Waals surface area contributed by atoms with Crippen molar-refractivity contribution in [1.82, 2.24) is 4.90 Å². The van der Waals surface area contributed by atoms with E-state index in [1.807, 2.05) is 17.0 Å². The first-order valence-corrected chi connectivity index (χ1v) is 7.14. The van der Waals surface area contributed by atoms with Crippen LogP contribution in [-0.2, 0) is 12.8 Å². The average molecular weight is 276 g/mol. The Hall–Kier alpha value is -2.60. The van der Waals surface area contributed by atoms with Crippen LogP contribution in [0.25, 0.3) is 0 Å². The highest BCUT2D eigenvalue weighted by Crippen LogP contribution is 2.17. The zero-order valence-corrected chi connectivity index (χ0v) is 11.7. The molecule has 2 aromatic rings. The van der Waals surface area contributed by atoms with E-state index < -0.39 is 0 Å². The van der Waals surface area contributed by atoms with Gasteiger partial charge in [-0.05, 0) is 42.2 Å². The molecule has 0 saturated carbocycles. The fraction of sp³-hybridized carbons (Fsp3) is 0.222. The molecule has 2 aromatic carbocycles. The molecule has 0 aliphatic carbocycles. The maximum Gasteiger partial charge on any atom is 0.253 e. The summed E-state index contributed by atoms with van der Waals surface area (Å²) < 4.78 is 0. The lowest BCUT2D eigenvalue weighted by Gasteiger charge is -2.20. The van der Waals surface area contributed by atoms with Crippen LogP contribution < -0.4 is 0 Å². The smallest absolute Gasteiger partial charge is 0.253 e. The van der Waals surface area contributed by atoms with Gasteiger partial charge in [0.1, 0.15) is 0 Å². The summed E-state index contributed by atoms with van der Waals surface area (Å²) in [6, 6.07) is 17.4. The Morgan fingerprint density at radius 3 is 2.29 bits per heavy atom. The third-order valence-corrected chi connectivity index (χ3v) is 3.95. The van der Waals surface area contributed by atoms with Crippen LogP contribution in [0.5, 0.6) is 0 Å². The molecule has 3 heteroatoms. The first kappa shape index (κ1) is 13.4. The average Bonchev–Trinajstić information content (AvgIpc) is 2.77. The van der Waals surface area contributed by atoms with Crippen molar-refractivity contribution in [3.63, 3.8) is 0 Å². The molecule has 0 N–H and O–H groups in total. The Morgan fingerprint density at radius 2 is 1.67 bits per heavy atom. The van der Waals surface area contributed by atoms with Crippen LogP contribution in [0.4, 0.5) is 0 Å². The van der Waals surface area contributed by atoms with Gasteiger partial charge in [-0.15, -0.1) is 0 Å². The number of amides is 1. The van der Waals surface area contributed by atoms with Crippen LogP contribution in [-0.4, -0.2) is 23.9 Å². The standard InChI is InChI=1S/C18H16N2O/c19-13-14-4-3-7-17(12-14)18(21)20-10-8-15-5-1-2-6-16(15)9-11-20/h1-7,12H,8-11H2. The van der Waals surface area contributed by atoms with Crippen molar-refractivity contribution in [2.45, 2.75) is 12.8 Å². The van der Waals surface area contributed by atoms with E-state index in [0.29, 0.717) is 11.1 Å².